The summed E-state index contributed by atoms with van der Waals surface area (Å²) in [7, 11) is 1.09. The highest BCUT2D eigenvalue weighted by Crippen LogP contribution is 2.72. The molecule has 0 radical (unpaired) electrons. The summed E-state index contributed by atoms with van der Waals surface area (Å²) in [6, 6.07) is 0. The van der Waals surface area contributed by atoms with Gasteiger partial charge in [-0.25, -0.2) is 14.4 Å². The number of carbonyl (C=O) groups is 4. The first-order valence-corrected chi connectivity index (χ1v) is 12.3. The summed E-state index contributed by atoms with van der Waals surface area (Å²) >= 11 is 0. The molecular formula is C26H32O11. The quantitative estimate of drug-likeness (QED) is 0.270. The van der Waals surface area contributed by atoms with Gasteiger partial charge in [0.15, 0.2) is 11.5 Å². The van der Waals surface area contributed by atoms with Gasteiger partial charge in [0.05, 0.1) is 25.7 Å². The van der Waals surface area contributed by atoms with E-state index >= 15 is 0 Å². The number of esters is 3. The van der Waals surface area contributed by atoms with Gasteiger partial charge in [0, 0.05) is 23.8 Å². The molecule has 5 aliphatic rings. The lowest BCUT2D eigenvalue weighted by Crippen LogP contribution is -2.79. The van der Waals surface area contributed by atoms with Crippen LogP contribution in [0.15, 0.2) is 23.0 Å². The summed E-state index contributed by atoms with van der Waals surface area (Å²) < 4.78 is 22.5. The number of Topliss-reactive ketones (excluding diaryl/α,β-unsaturated/α-hetero) is 1. The second-order valence-electron chi connectivity index (χ2n) is 11.5. The van der Waals surface area contributed by atoms with E-state index in [2.05, 4.69) is 0 Å². The number of carbonyl (C=O) groups excluding carboxylic acids is 4. The normalized spacial score (nSPS) is 45.9. The molecule has 2 unspecified atom stereocenters. The van der Waals surface area contributed by atoms with Crippen LogP contribution in [0.2, 0.25) is 0 Å². The Hall–Kier alpha value is -2.76. The van der Waals surface area contributed by atoms with Gasteiger partial charge in [-0.3, -0.25) is 4.79 Å². The molecule has 4 fully saturated rings. The molecule has 5 rings (SSSR count). The van der Waals surface area contributed by atoms with Gasteiger partial charge >= 0.3 is 17.9 Å². The standard InChI is InChI=1S/C26H32O11/c1-10(2)6-15(28)37-18-20-25-9-35-26(20,23(33)34-5)21(31)17(30)19(25)24(4)8-13(27)16(29)11(3)12(24)7-14(25)36-22(18)32/h6,12,14,17-21,29-31H,7-9H2,1-5H3/t12?,14-,17-,18-,19?,20-,21+,24+,25-,26+/m1/s1. The SMILES string of the molecule is COC(=O)[C@@]12OC[C@]34C([C@@H](O)[C@@H]1O)[C@@]1(C)CC(=O)C(O)=C(C)C1C[C@H]3OC(=O)[C@H](OC(=O)C=C(C)C)[C@@H]24. The average molecular weight is 521 g/mol. The van der Waals surface area contributed by atoms with E-state index in [1.807, 2.05) is 0 Å². The van der Waals surface area contributed by atoms with Crippen molar-refractivity contribution in [1.82, 2.24) is 0 Å². The number of hydrogen-bond donors (Lipinski definition) is 3. The van der Waals surface area contributed by atoms with Crippen molar-refractivity contribution in [1.29, 1.82) is 0 Å². The lowest BCUT2D eigenvalue weighted by molar-refractivity contribution is -0.290. The summed E-state index contributed by atoms with van der Waals surface area (Å²) in [5.41, 5.74) is -3.50. The highest BCUT2D eigenvalue weighted by Gasteiger charge is 2.85. The van der Waals surface area contributed by atoms with E-state index in [1.165, 1.54) is 6.08 Å². The van der Waals surface area contributed by atoms with Crippen LogP contribution >= 0.6 is 0 Å². The first-order chi connectivity index (χ1) is 17.3. The number of rotatable bonds is 3. The van der Waals surface area contributed by atoms with Crippen LogP contribution in [0.25, 0.3) is 0 Å². The first kappa shape index (κ1) is 25.9. The van der Waals surface area contributed by atoms with E-state index in [0.29, 0.717) is 11.1 Å². The van der Waals surface area contributed by atoms with E-state index in [1.54, 1.807) is 27.7 Å². The Bertz CT molecular complexity index is 1150. The van der Waals surface area contributed by atoms with Crippen molar-refractivity contribution in [2.45, 2.75) is 70.6 Å². The van der Waals surface area contributed by atoms with E-state index < -0.39 is 82.3 Å². The van der Waals surface area contributed by atoms with Crippen molar-refractivity contribution in [2.75, 3.05) is 13.7 Å². The summed E-state index contributed by atoms with van der Waals surface area (Å²) in [6.45, 7) is 6.53. The number of hydrogen-bond acceptors (Lipinski definition) is 11. The molecule has 0 amide bonds. The molecule has 202 valence electrons. The van der Waals surface area contributed by atoms with Crippen LogP contribution in [0.3, 0.4) is 0 Å². The molecule has 0 aromatic carbocycles. The summed E-state index contributed by atoms with van der Waals surface area (Å²) in [5, 5.41) is 33.6. The second-order valence-corrected chi connectivity index (χ2v) is 11.5. The molecule has 3 aliphatic carbocycles. The van der Waals surface area contributed by atoms with Crippen LogP contribution in [-0.2, 0) is 38.1 Å². The van der Waals surface area contributed by atoms with Gasteiger partial charge in [-0.2, -0.15) is 0 Å². The van der Waals surface area contributed by atoms with Crippen LogP contribution in [-0.4, -0.2) is 82.7 Å². The Labute approximate surface area is 213 Å². The maximum Gasteiger partial charge on any atom is 0.348 e. The Morgan fingerprint density at radius 1 is 1.16 bits per heavy atom. The zero-order chi connectivity index (χ0) is 27.2. The van der Waals surface area contributed by atoms with Crippen LogP contribution < -0.4 is 0 Å². The largest absolute Gasteiger partial charge is 0.504 e. The number of methoxy groups -OCH3 is 1. The van der Waals surface area contributed by atoms with Crippen molar-refractivity contribution in [3.63, 3.8) is 0 Å². The maximum absolute atomic E-state index is 13.4. The van der Waals surface area contributed by atoms with E-state index in [0.717, 1.165) is 7.11 Å². The Morgan fingerprint density at radius 3 is 2.46 bits per heavy atom. The lowest BCUT2D eigenvalue weighted by atomic mass is 9.38. The highest BCUT2D eigenvalue weighted by molar-refractivity contribution is 5.95. The fourth-order valence-electron chi connectivity index (χ4n) is 8.25. The molecule has 2 saturated carbocycles. The molecular weight excluding hydrogens is 488 g/mol. The van der Waals surface area contributed by atoms with Crippen LogP contribution in [0, 0.1) is 28.6 Å². The molecule has 0 aromatic heterocycles. The highest BCUT2D eigenvalue weighted by atomic mass is 16.6. The van der Waals surface area contributed by atoms with Crippen LogP contribution in [0.5, 0.6) is 0 Å². The topological polar surface area (TPSA) is 166 Å². The number of aliphatic hydroxyl groups excluding tert-OH is 3. The molecule has 1 spiro atoms. The maximum atomic E-state index is 13.4. The third-order valence-electron chi connectivity index (χ3n) is 9.49. The zero-order valence-electron chi connectivity index (χ0n) is 21.3. The molecule has 0 aromatic rings. The Balaban J connectivity index is 1.74. The van der Waals surface area contributed by atoms with Crippen molar-refractivity contribution in [3.8, 4) is 0 Å². The zero-order valence-corrected chi connectivity index (χ0v) is 21.3. The average Bonchev–Trinajstić information content (AvgIpc) is 3.12. The van der Waals surface area contributed by atoms with Gasteiger partial charge in [0.25, 0.3) is 0 Å². The van der Waals surface area contributed by atoms with Gasteiger partial charge in [0.2, 0.25) is 11.7 Å². The van der Waals surface area contributed by atoms with Gasteiger partial charge in [-0.05, 0) is 44.1 Å². The fourth-order valence-corrected chi connectivity index (χ4v) is 8.25. The summed E-state index contributed by atoms with van der Waals surface area (Å²) in [4.78, 5) is 52.2. The minimum absolute atomic E-state index is 0.141. The summed E-state index contributed by atoms with van der Waals surface area (Å²) in [6.07, 6.45) is -4.79. The molecule has 11 nitrogen and oxygen atoms in total. The molecule has 2 saturated heterocycles. The number of ketones is 1. The summed E-state index contributed by atoms with van der Waals surface area (Å²) in [5.74, 6) is -6.30. The smallest absolute Gasteiger partial charge is 0.348 e. The number of fused-ring (bicyclic) bond motifs is 2. The van der Waals surface area contributed by atoms with Crippen molar-refractivity contribution >= 4 is 23.7 Å². The Kier molecular flexibility index (Phi) is 5.68. The van der Waals surface area contributed by atoms with E-state index in [4.69, 9.17) is 18.9 Å². The second kappa shape index (κ2) is 8.12. The molecule has 3 N–H and O–H groups in total. The van der Waals surface area contributed by atoms with Gasteiger partial charge in [-0.15, -0.1) is 0 Å². The molecule has 37 heavy (non-hydrogen) atoms. The predicted molar refractivity (Wildman–Crippen MR) is 122 cm³/mol. The molecule has 10 atom stereocenters. The van der Waals surface area contributed by atoms with E-state index in [-0.39, 0.29) is 25.2 Å². The van der Waals surface area contributed by atoms with Gasteiger partial charge in [-0.1, -0.05) is 12.5 Å². The fraction of sp³-hybridized carbons (Fsp3) is 0.692. The monoisotopic (exact) mass is 520 g/mol. The molecule has 2 heterocycles. The van der Waals surface area contributed by atoms with Gasteiger partial charge < -0.3 is 34.3 Å². The van der Waals surface area contributed by atoms with Crippen molar-refractivity contribution in [3.05, 3.63) is 23.0 Å². The molecule has 2 bridgehead atoms. The van der Waals surface area contributed by atoms with Gasteiger partial charge in [0.1, 0.15) is 12.2 Å². The van der Waals surface area contributed by atoms with Crippen LogP contribution in [0.1, 0.15) is 40.5 Å². The third-order valence-corrected chi connectivity index (χ3v) is 9.49. The minimum atomic E-state index is -2.22. The van der Waals surface area contributed by atoms with Crippen molar-refractivity contribution < 1.29 is 53.4 Å². The molecule has 11 heteroatoms. The molecule has 2 aliphatic heterocycles. The van der Waals surface area contributed by atoms with E-state index in [9.17, 15) is 34.5 Å². The van der Waals surface area contributed by atoms with Crippen LogP contribution in [0.4, 0.5) is 0 Å². The number of ether oxygens (including phenoxy) is 4. The lowest BCUT2D eigenvalue weighted by Gasteiger charge is -2.67. The first-order valence-electron chi connectivity index (χ1n) is 12.3. The number of aliphatic hydroxyl groups is 3. The van der Waals surface area contributed by atoms with Crippen molar-refractivity contribution in [2.24, 2.45) is 28.6 Å². The minimum Gasteiger partial charge on any atom is -0.504 e. The number of allylic oxidation sites excluding steroid dienone is 3. The third kappa shape index (κ3) is 3.04. The predicted octanol–water partition coefficient (Wildman–Crippen LogP) is 0.517. The Morgan fingerprint density at radius 2 is 1.84 bits per heavy atom.